The summed E-state index contributed by atoms with van der Waals surface area (Å²) < 4.78 is 0. The van der Waals surface area contributed by atoms with E-state index in [4.69, 9.17) is 0 Å². The van der Waals surface area contributed by atoms with Crippen LogP contribution in [0.4, 0.5) is 0 Å². The van der Waals surface area contributed by atoms with Crippen molar-refractivity contribution in [2.45, 2.75) is 18.4 Å². The molecule has 2 heterocycles. The number of carbonyl (C=O) groups excluding carboxylic acids is 2. The zero-order chi connectivity index (χ0) is 15.0. The van der Waals surface area contributed by atoms with Crippen molar-refractivity contribution in [3.05, 3.63) is 35.4 Å². The van der Waals surface area contributed by atoms with Gasteiger partial charge in [0.25, 0.3) is 5.91 Å². The van der Waals surface area contributed by atoms with Crippen molar-refractivity contribution in [1.29, 1.82) is 0 Å². The molecule has 0 unspecified atom stereocenters. The first kappa shape index (κ1) is 14.1. The molecule has 2 atom stereocenters. The van der Waals surface area contributed by atoms with Crippen LogP contribution in [0.15, 0.2) is 24.3 Å². The lowest BCUT2D eigenvalue weighted by atomic mass is 9.82. The quantitative estimate of drug-likeness (QED) is 0.786. The third-order valence-electron chi connectivity index (χ3n) is 4.66. The first-order valence-corrected chi connectivity index (χ1v) is 7.36. The van der Waals surface area contributed by atoms with E-state index in [1.54, 1.807) is 19.0 Å². The molecule has 2 N–H and O–H groups in total. The maximum absolute atomic E-state index is 12.5. The van der Waals surface area contributed by atoms with Crippen molar-refractivity contribution in [2.75, 3.05) is 27.2 Å². The largest absolute Gasteiger partial charge is 0.348 e. The number of fused-ring (bicyclic) bond motifs is 1. The van der Waals surface area contributed by atoms with Gasteiger partial charge in [-0.25, -0.2) is 0 Å². The van der Waals surface area contributed by atoms with Gasteiger partial charge in [0.1, 0.15) is 0 Å². The zero-order valence-electron chi connectivity index (χ0n) is 12.5. The molecule has 2 aliphatic heterocycles. The molecule has 2 amide bonds. The van der Waals surface area contributed by atoms with E-state index in [0.29, 0.717) is 13.1 Å². The second kappa shape index (κ2) is 5.15. The summed E-state index contributed by atoms with van der Waals surface area (Å²) in [6, 6.07) is 7.69. The number of benzene rings is 1. The molecule has 0 aliphatic carbocycles. The Bertz CT molecular complexity index is 585. The lowest BCUT2D eigenvalue weighted by Gasteiger charge is -2.34. The van der Waals surface area contributed by atoms with Crippen molar-refractivity contribution < 1.29 is 9.59 Å². The molecular weight excluding hydrogens is 266 g/mol. The van der Waals surface area contributed by atoms with Crippen molar-refractivity contribution in [3.63, 3.8) is 0 Å². The number of nitrogens with zero attached hydrogens (tertiary/aromatic N) is 1. The SMILES string of the molecule is CN(C)C(=O)[C@H]1CNC[C@@]12CCc1ccccc1C(=O)N2. The van der Waals surface area contributed by atoms with Gasteiger partial charge in [-0.3, -0.25) is 9.59 Å². The number of rotatable bonds is 1. The fourth-order valence-corrected chi connectivity index (χ4v) is 3.46. The summed E-state index contributed by atoms with van der Waals surface area (Å²) in [5.41, 5.74) is 1.32. The smallest absolute Gasteiger partial charge is 0.252 e. The molecule has 5 nitrogen and oxygen atoms in total. The average Bonchev–Trinajstić information content (AvgIpc) is 2.81. The number of hydrogen-bond acceptors (Lipinski definition) is 3. The zero-order valence-corrected chi connectivity index (χ0v) is 12.5. The highest BCUT2D eigenvalue weighted by molar-refractivity contribution is 5.97. The fourth-order valence-electron chi connectivity index (χ4n) is 3.46. The maximum Gasteiger partial charge on any atom is 0.252 e. The minimum atomic E-state index is -0.475. The summed E-state index contributed by atoms with van der Waals surface area (Å²) in [6.07, 6.45) is 1.60. The van der Waals surface area contributed by atoms with Gasteiger partial charge in [0.15, 0.2) is 0 Å². The van der Waals surface area contributed by atoms with E-state index in [0.717, 1.165) is 24.0 Å². The van der Waals surface area contributed by atoms with Gasteiger partial charge in [0.2, 0.25) is 5.91 Å². The Morgan fingerprint density at radius 3 is 2.86 bits per heavy atom. The normalized spacial score (nSPS) is 27.9. The molecule has 3 rings (SSSR count). The van der Waals surface area contributed by atoms with E-state index in [1.807, 2.05) is 24.3 Å². The molecule has 0 saturated carbocycles. The molecule has 112 valence electrons. The third kappa shape index (κ3) is 2.31. The second-order valence-corrected chi connectivity index (χ2v) is 6.18. The van der Waals surface area contributed by atoms with Gasteiger partial charge in [-0.15, -0.1) is 0 Å². The van der Waals surface area contributed by atoms with Gasteiger partial charge < -0.3 is 15.5 Å². The Morgan fingerprint density at radius 2 is 2.10 bits per heavy atom. The van der Waals surface area contributed by atoms with Crippen molar-refractivity contribution in [1.82, 2.24) is 15.5 Å². The number of aryl methyl sites for hydroxylation is 1. The van der Waals surface area contributed by atoms with Gasteiger partial charge in [0.05, 0.1) is 11.5 Å². The van der Waals surface area contributed by atoms with Gasteiger partial charge in [0, 0.05) is 32.7 Å². The van der Waals surface area contributed by atoms with E-state index in [9.17, 15) is 9.59 Å². The van der Waals surface area contributed by atoms with Gasteiger partial charge in [-0.1, -0.05) is 18.2 Å². The van der Waals surface area contributed by atoms with Gasteiger partial charge >= 0.3 is 0 Å². The van der Waals surface area contributed by atoms with Crippen molar-refractivity contribution >= 4 is 11.8 Å². The molecule has 21 heavy (non-hydrogen) atoms. The Balaban J connectivity index is 1.93. The minimum Gasteiger partial charge on any atom is -0.348 e. The predicted octanol–water partition coefficient (Wildman–Crippen LogP) is 0.409. The van der Waals surface area contributed by atoms with Crippen LogP contribution in [0.25, 0.3) is 0 Å². The summed E-state index contributed by atoms with van der Waals surface area (Å²) in [4.78, 5) is 26.6. The van der Waals surface area contributed by atoms with Crippen LogP contribution in [0.2, 0.25) is 0 Å². The van der Waals surface area contributed by atoms with Crippen LogP contribution in [0.1, 0.15) is 22.3 Å². The van der Waals surface area contributed by atoms with Crippen LogP contribution >= 0.6 is 0 Å². The minimum absolute atomic E-state index is 0.0663. The summed E-state index contributed by atoms with van der Waals surface area (Å²) in [6.45, 7) is 1.27. The standard InChI is InChI=1S/C16H21N3O2/c1-19(2)15(21)13-9-17-10-16(13)8-7-11-5-3-4-6-12(11)14(20)18-16/h3-6,13,17H,7-10H2,1-2H3,(H,18,20)/t13-,16+/m1/s1. The van der Waals surface area contributed by atoms with Crippen LogP contribution < -0.4 is 10.6 Å². The molecule has 1 aromatic carbocycles. The molecule has 2 aliphatic rings. The Kier molecular flexibility index (Phi) is 3.45. The average molecular weight is 287 g/mol. The topological polar surface area (TPSA) is 61.4 Å². The molecule has 1 aromatic rings. The number of amides is 2. The van der Waals surface area contributed by atoms with Gasteiger partial charge in [-0.2, -0.15) is 0 Å². The van der Waals surface area contributed by atoms with E-state index in [2.05, 4.69) is 10.6 Å². The molecule has 0 bridgehead atoms. The lowest BCUT2D eigenvalue weighted by Crippen LogP contribution is -2.57. The molecule has 5 heteroatoms. The summed E-state index contributed by atoms with van der Waals surface area (Å²) >= 11 is 0. The Morgan fingerprint density at radius 1 is 1.33 bits per heavy atom. The summed E-state index contributed by atoms with van der Waals surface area (Å²) in [5, 5.41) is 6.43. The van der Waals surface area contributed by atoms with E-state index in [1.165, 1.54) is 0 Å². The highest BCUT2D eigenvalue weighted by Gasteiger charge is 2.49. The number of hydrogen-bond donors (Lipinski definition) is 2. The first-order chi connectivity index (χ1) is 10.0. The molecule has 0 radical (unpaired) electrons. The molecule has 1 spiro atoms. The molecular formula is C16H21N3O2. The van der Waals surface area contributed by atoms with Crippen molar-refractivity contribution in [3.8, 4) is 0 Å². The second-order valence-electron chi connectivity index (χ2n) is 6.18. The first-order valence-electron chi connectivity index (χ1n) is 7.36. The van der Waals surface area contributed by atoms with Crippen LogP contribution in [-0.2, 0) is 11.2 Å². The van der Waals surface area contributed by atoms with Crippen LogP contribution in [0, 0.1) is 5.92 Å². The monoisotopic (exact) mass is 287 g/mol. The maximum atomic E-state index is 12.5. The van der Waals surface area contributed by atoms with E-state index in [-0.39, 0.29) is 17.7 Å². The Labute approximate surface area is 124 Å². The molecule has 0 aromatic heterocycles. The predicted molar refractivity (Wildman–Crippen MR) is 80.0 cm³/mol. The number of carbonyl (C=O) groups is 2. The molecule has 1 fully saturated rings. The third-order valence-corrected chi connectivity index (χ3v) is 4.66. The molecule has 1 saturated heterocycles. The fraction of sp³-hybridized carbons (Fsp3) is 0.500. The van der Waals surface area contributed by atoms with Crippen LogP contribution in [0.3, 0.4) is 0 Å². The Hall–Kier alpha value is -1.88. The highest BCUT2D eigenvalue weighted by Crippen LogP contribution is 2.32. The van der Waals surface area contributed by atoms with Crippen molar-refractivity contribution in [2.24, 2.45) is 5.92 Å². The number of nitrogens with one attached hydrogen (secondary N) is 2. The van der Waals surface area contributed by atoms with Crippen LogP contribution in [0.5, 0.6) is 0 Å². The summed E-state index contributed by atoms with van der Waals surface area (Å²) in [5.74, 6) is -0.194. The summed E-state index contributed by atoms with van der Waals surface area (Å²) in [7, 11) is 3.53. The van der Waals surface area contributed by atoms with E-state index < -0.39 is 5.54 Å². The van der Waals surface area contributed by atoms with Gasteiger partial charge in [-0.05, 0) is 24.5 Å². The lowest BCUT2D eigenvalue weighted by molar-refractivity contribution is -0.134. The van der Waals surface area contributed by atoms with Crippen LogP contribution in [-0.4, -0.2) is 49.4 Å². The van der Waals surface area contributed by atoms with E-state index >= 15 is 0 Å². The highest BCUT2D eigenvalue weighted by atomic mass is 16.2.